The van der Waals surface area contributed by atoms with E-state index in [1.807, 2.05) is 31.2 Å². The van der Waals surface area contributed by atoms with Crippen LogP contribution in [0.4, 0.5) is 9.59 Å². The number of imide groups is 1. The van der Waals surface area contributed by atoms with Crippen molar-refractivity contribution in [3.8, 4) is 0 Å². The molecule has 2 saturated heterocycles. The van der Waals surface area contributed by atoms with Crippen LogP contribution in [0.25, 0.3) is 0 Å². The topological polar surface area (TPSA) is 96.4 Å². The number of aliphatic hydroxyl groups excluding tert-OH is 1. The van der Waals surface area contributed by atoms with Gasteiger partial charge in [-0.15, -0.1) is 0 Å². The van der Waals surface area contributed by atoms with E-state index in [1.54, 1.807) is 34.6 Å². The van der Waals surface area contributed by atoms with Crippen LogP contribution >= 0.6 is 0 Å². The number of aliphatic hydroxyl groups is 1. The van der Waals surface area contributed by atoms with Crippen LogP contribution in [-0.2, 0) is 14.3 Å². The number of cyclic esters (lactones) is 1. The number of nitrogens with zero attached hydrogens (tertiary/aromatic N) is 2. The molecule has 6 atom stereocenters. The predicted molar refractivity (Wildman–Crippen MR) is 119 cm³/mol. The van der Waals surface area contributed by atoms with Crippen molar-refractivity contribution in [2.45, 2.75) is 90.7 Å². The number of rotatable bonds is 4. The van der Waals surface area contributed by atoms with Gasteiger partial charge in [0.2, 0.25) is 5.91 Å². The Balaban J connectivity index is 1.71. The molecule has 0 aromatic heterocycles. The summed E-state index contributed by atoms with van der Waals surface area (Å²) in [5, 5.41) is 11.0. The number of likely N-dealkylation sites (tertiary alicyclic amines) is 1. The molecule has 1 unspecified atom stereocenters. The van der Waals surface area contributed by atoms with Gasteiger partial charge in [-0.2, -0.15) is 0 Å². The van der Waals surface area contributed by atoms with E-state index in [0.717, 1.165) is 4.90 Å². The number of ether oxygens (including phenoxy) is 2. The number of hydrogen-bond acceptors (Lipinski definition) is 6. The molecule has 2 heterocycles. The molecule has 0 saturated carbocycles. The molecule has 0 spiro atoms. The van der Waals surface area contributed by atoms with E-state index >= 15 is 0 Å². The Morgan fingerprint density at radius 3 is 2.59 bits per heavy atom. The first kappa shape index (κ1) is 24.3. The van der Waals surface area contributed by atoms with E-state index in [4.69, 9.17) is 9.47 Å². The van der Waals surface area contributed by atoms with Gasteiger partial charge in [0, 0.05) is 12.0 Å². The van der Waals surface area contributed by atoms with Gasteiger partial charge in [-0.1, -0.05) is 38.2 Å². The van der Waals surface area contributed by atoms with E-state index in [0.29, 0.717) is 25.8 Å². The second-order valence-corrected chi connectivity index (χ2v) is 10.4. The molecular weight excluding hydrogens is 412 g/mol. The highest BCUT2D eigenvalue weighted by Gasteiger charge is 2.52. The standard InChI is InChI=1S/C24H36N2O6/c1-15(18(27)17-11-10-14-25(17)21(29)32-23(3,4)5)20(28)26-16(2)19(31-22(26)30)24(6)12-8-7-9-13-24/h7-9,12,15-19,27H,10-11,13-14H2,1-6H3/t15-,16-,17+,18-,19-,24?/m1/s1. The Labute approximate surface area is 190 Å². The maximum Gasteiger partial charge on any atom is 0.417 e. The molecule has 8 nitrogen and oxygen atoms in total. The van der Waals surface area contributed by atoms with Crippen LogP contribution in [0, 0.1) is 11.3 Å². The van der Waals surface area contributed by atoms with E-state index in [2.05, 4.69) is 0 Å². The van der Waals surface area contributed by atoms with Crippen LogP contribution in [0.1, 0.15) is 60.8 Å². The van der Waals surface area contributed by atoms with Gasteiger partial charge in [-0.05, 0) is 47.0 Å². The lowest BCUT2D eigenvalue weighted by atomic mass is 9.76. The molecule has 3 aliphatic rings. The molecule has 32 heavy (non-hydrogen) atoms. The minimum atomic E-state index is -1.12. The van der Waals surface area contributed by atoms with Crippen LogP contribution < -0.4 is 0 Å². The lowest BCUT2D eigenvalue weighted by Crippen LogP contribution is -2.52. The largest absolute Gasteiger partial charge is 0.444 e. The monoisotopic (exact) mass is 448 g/mol. The molecule has 178 valence electrons. The molecule has 3 amide bonds. The number of carbonyl (C=O) groups is 3. The van der Waals surface area contributed by atoms with Crippen molar-refractivity contribution in [3.63, 3.8) is 0 Å². The molecular formula is C24H36N2O6. The second-order valence-electron chi connectivity index (χ2n) is 10.4. The number of carbonyl (C=O) groups excluding carboxylic acids is 3. The fourth-order valence-electron chi connectivity index (χ4n) is 4.89. The Kier molecular flexibility index (Phi) is 6.75. The van der Waals surface area contributed by atoms with Crippen molar-refractivity contribution in [1.29, 1.82) is 0 Å². The summed E-state index contributed by atoms with van der Waals surface area (Å²) < 4.78 is 11.1. The molecule has 2 aliphatic heterocycles. The fourth-order valence-corrected chi connectivity index (χ4v) is 4.89. The quantitative estimate of drug-likeness (QED) is 0.705. The molecule has 2 fully saturated rings. The van der Waals surface area contributed by atoms with Crippen LogP contribution in [0.2, 0.25) is 0 Å². The highest BCUT2D eigenvalue weighted by atomic mass is 16.6. The molecule has 0 radical (unpaired) electrons. The zero-order valence-electron chi connectivity index (χ0n) is 19.9. The molecule has 0 bridgehead atoms. The first-order valence-electron chi connectivity index (χ1n) is 11.4. The summed E-state index contributed by atoms with van der Waals surface area (Å²) in [6, 6.07) is -1.02. The highest BCUT2D eigenvalue weighted by molar-refractivity contribution is 5.95. The van der Waals surface area contributed by atoms with E-state index in [9.17, 15) is 19.5 Å². The summed E-state index contributed by atoms with van der Waals surface area (Å²) in [7, 11) is 0. The normalized spacial score (nSPS) is 32.1. The average molecular weight is 449 g/mol. The Morgan fingerprint density at radius 1 is 1.31 bits per heavy atom. The maximum atomic E-state index is 13.3. The van der Waals surface area contributed by atoms with E-state index in [1.165, 1.54) is 4.90 Å². The lowest BCUT2D eigenvalue weighted by Gasteiger charge is -2.35. The van der Waals surface area contributed by atoms with Crippen molar-refractivity contribution in [2.24, 2.45) is 11.3 Å². The summed E-state index contributed by atoms with van der Waals surface area (Å²) in [6.45, 7) is 11.2. The zero-order chi connectivity index (χ0) is 23.8. The molecule has 0 aromatic rings. The van der Waals surface area contributed by atoms with Gasteiger partial charge in [0.15, 0.2) is 0 Å². The van der Waals surface area contributed by atoms with E-state index in [-0.39, 0.29) is 0 Å². The minimum Gasteiger partial charge on any atom is -0.444 e. The second kappa shape index (κ2) is 8.89. The molecule has 1 aliphatic carbocycles. The third kappa shape index (κ3) is 4.70. The summed E-state index contributed by atoms with van der Waals surface area (Å²) in [5.74, 6) is -1.38. The third-order valence-electron chi connectivity index (χ3n) is 6.66. The highest BCUT2D eigenvalue weighted by Crippen LogP contribution is 2.40. The maximum absolute atomic E-state index is 13.3. The van der Waals surface area contributed by atoms with Crippen LogP contribution in [0.5, 0.6) is 0 Å². The molecule has 0 aromatic carbocycles. The van der Waals surface area contributed by atoms with Crippen LogP contribution in [0.15, 0.2) is 24.3 Å². The Bertz CT molecular complexity index is 816. The van der Waals surface area contributed by atoms with Gasteiger partial charge in [-0.3, -0.25) is 4.79 Å². The minimum absolute atomic E-state index is 0.403. The summed E-state index contributed by atoms with van der Waals surface area (Å²) in [4.78, 5) is 41.2. The third-order valence-corrected chi connectivity index (χ3v) is 6.66. The van der Waals surface area contributed by atoms with Crippen molar-refractivity contribution in [3.05, 3.63) is 24.3 Å². The van der Waals surface area contributed by atoms with Gasteiger partial charge >= 0.3 is 12.2 Å². The SMILES string of the molecule is C[C@@H]1[C@H](C2(C)C=CC=CC2)OC(=O)N1C(=O)[C@H](C)[C@@H](O)[C@@H]1CCCN1C(=O)OC(C)(C)C. The van der Waals surface area contributed by atoms with Crippen molar-refractivity contribution >= 4 is 18.1 Å². The summed E-state index contributed by atoms with van der Waals surface area (Å²) >= 11 is 0. The zero-order valence-corrected chi connectivity index (χ0v) is 19.9. The molecule has 1 N–H and O–H groups in total. The van der Waals surface area contributed by atoms with Gasteiger partial charge in [0.25, 0.3) is 0 Å². The number of hydrogen-bond donors (Lipinski definition) is 1. The summed E-state index contributed by atoms with van der Waals surface area (Å²) in [6.07, 6.45) is 7.09. The first-order valence-corrected chi connectivity index (χ1v) is 11.4. The van der Waals surface area contributed by atoms with Crippen molar-refractivity contribution in [2.75, 3.05) is 6.54 Å². The predicted octanol–water partition coefficient (Wildman–Crippen LogP) is 3.64. The lowest BCUT2D eigenvalue weighted by molar-refractivity contribution is -0.138. The Morgan fingerprint density at radius 2 is 2.00 bits per heavy atom. The Hall–Kier alpha value is -2.35. The van der Waals surface area contributed by atoms with Crippen molar-refractivity contribution in [1.82, 2.24) is 9.80 Å². The van der Waals surface area contributed by atoms with Gasteiger partial charge in [-0.25, -0.2) is 14.5 Å². The van der Waals surface area contributed by atoms with Gasteiger partial charge in [0.05, 0.1) is 24.1 Å². The van der Waals surface area contributed by atoms with Crippen LogP contribution in [0.3, 0.4) is 0 Å². The fraction of sp³-hybridized carbons (Fsp3) is 0.708. The van der Waals surface area contributed by atoms with Crippen molar-refractivity contribution < 1.29 is 29.0 Å². The summed E-state index contributed by atoms with van der Waals surface area (Å²) in [5.41, 5.74) is -1.06. The smallest absolute Gasteiger partial charge is 0.417 e. The van der Waals surface area contributed by atoms with Crippen LogP contribution in [-0.4, -0.2) is 69.4 Å². The molecule has 3 rings (SSSR count). The van der Waals surface area contributed by atoms with E-state index < -0.39 is 59.3 Å². The molecule has 8 heteroatoms. The van der Waals surface area contributed by atoms with Gasteiger partial charge < -0.3 is 19.5 Å². The van der Waals surface area contributed by atoms with Gasteiger partial charge in [0.1, 0.15) is 11.7 Å². The number of allylic oxidation sites excluding steroid dienone is 3. The number of amides is 3. The first-order chi connectivity index (χ1) is 14.9. The average Bonchev–Trinajstić information content (AvgIpc) is 3.30.